The van der Waals surface area contributed by atoms with E-state index >= 15 is 0 Å². The fourth-order valence-corrected chi connectivity index (χ4v) is 1.78. The number of hydrogen-bond donors (Lipinski definition) is 1. The molecule has 0 bridgehead atoms. The zero-order valence-corrected chi connectivity index (χ0v) is 10.4. The number of aliphatic hydroxyl groups excluding tert-OH is 1. The molecular weight excluding hydrogens is 214 g/mol. The lowest BCUT2D eigenvalue weighted by Gasteiger charge is -2.16. The first-order valence-corrected chi connectivity index (χ1v) is 6.03. The summed E-state index contributed by atoms with van der Waals surface area (Å²) < 4.78 is 5.34. The summed E-state index contributed by atoms with van der Waals surface area (Å²) in [6.07, 6.45) is 0.921. The van der Waals surface area contributed by atoms with Gasteiger partial charge < -0.3 is 9.84 Å². The van der Waals surface area contributed by atoms with Gasteiger partial charge in [0.15, 0.2) is 0 Å². The van der Waals surface area contributed by atoms with Crippen LogP contribution < -0.4 is 4.74 Å². The van der Waals surface area contributed by atoms with Crippen molar-refractivity contribution < 1.29 is 9.84 Å². The number of hydrogen-bond acceptors (Lipinski definition) is 3. The van der Waals surface area contributed by atoms with Crippen molar-refractivity contribution in [1.29, 1.82) is 5.26 Å². The van der Waals surface area contributed by atoms with Crippen molar-refractivity contribution in [3.8, 4) is 11.8 Å². The van der Waals surface area contributed by atoms with Crippen molar-refractivity contribution in [1.82, 2.24) is 0 Å². The Kier molecular flexibility index (Phi) is 5.51. The minimum Gasteiger partial charge on any atom is -0.494 e. The van der Waals surface area contributed by atoms with Gasteiger partial charge >= 0.3 is 0 Å². The summed E-state index contributed by atoms with van der Waals surface area (Å²) in [7, 11) is 0. The van der Waals surface area contributed by atoms with Gasteiger partial charge in [-0.15, -0.1) is 0 Å². The van der Waals surface area contributed by atoms with Crippen LogP contribution in [0.25, 0.3) is 0 Å². The first-order valence-electron chi connectivity index (χ1n) is 6.03. The smallest absolute Gasteiger partial charge is 0.119 e. The van der Waals surface area contributed by atoms with Gasteiger partial charge in [-0.2, -0.15) is 5.26 Å². The lowest BCUT2D eigenvalue weighted by atomic mass is 9.92. The second kappa shape index (κ2) is 6.93. The Labute approximate surface area is 103 Å². The number of aliphatic hydroxyl groups is 1. The molecule has 0 aliphatic carbocycles. The van der Waals surface area contributed by atoms with Crippen LogP contribution >= 0.6 is 0 Å². The Hall–Kier alpha value is -1.53. The van der Waals surface area contributed by atoms with E-state index < -0.39 is 12.0 Å². The lowest BCUT2D eigenvalue weighted by molar-refractivity contribution is 0.150. The van der Waals surface area contributed by atoms with E-state index in [-0.39, 0.29) is 0 Å². The molecule has 0 aliphatic heterocycles. The maximum absolute atomic E-state index is 9.88. The standard InChI is InChI=1S/C14H19NO2/c1-3-5-14(16)13(10-15)11-6-8-12(9-7-11)17-4-2/h6-9,13-14,16H,3-5H2,1-2H3. The summed E-state index contributed by atoms with van der Waals surface area (Å²) in [4.78, 5) is 0. The highest BCUT2D eigenvalue weighted by atomic mass is 16.5. The van der Waals surface area contributed by atoms with Gasteiger partial charge in [0.25, 0.3) is 0 Å². The molecule has 1 aromatic rings. The van der Waals surface area contributed by atoms with Crippen LogP contribution in [0.2, 0.25) is 0 Å². The Morgan fingerprint density at radius 2 is 1.94 bits per heavy atom. The average Bonchev–Trinajstić information content (AvgIpc) is 2.33. The molecule has 0 spiro atoms. The molecule has 0 saturated carbocycles. The number of nitrogens with zero attached hydrogens (tertiary/aromatic N) is 1. The first kappa shape index (κ1) is 13.5. The minimum atomic E-state index is -0.594. The molecule has 1 aromatic carbocycles. The van der Waals surface area contributed by atoms with E-state index in [9.17, 15) is 5.11 Å². The molecule has 0 radical (unpaired) electrons. The number of rotatable bonds is 6. The van der Waals surface area contributed by atoms with Crippen LogP contribution in [0.3, 0.4) is 0 Å². The topological polar surface area (TPSA) is 53.2 Å². The van der Waals surface area contributed by atoms with Gasteiger partial charge in [-0.1, -0.05) is 25.5 Å². The monoisotopic (exact) mass is 233 g/mol. The summed E-state index contributed by atoms with van der Waals surface area (Å²) in [6.45, 7) is 4.55. The van der Waals surface area contributed by atoms with Gasteiger partial charge in [-0.05, 0) is 31.0 Å². The zero-order chi connectivity index (χ0) is 12.7. The van der Waals surface area contributed by atoms with Crippen LogP contribution in [0.15, 0.2) is 24.3 Å². The van der Waals surface area contributed by atoms with E-state index in [1.807, 2.05) is 38.1 Å². The Morgan fingerprint density at radius 1 is 1.29 bits per heavy atom. The second-order valence-corrected chi connectivity index (χ2v) is 3.96. The van der Waals surface area contributed by atoms with Crippen molar-refractivity contribution in [2.45, 2.75) is 38.7 Å². The van der Waals surface area contributed by atoms with E-state index in [0.29, 0.717) is 13.0 Å². The van der Waals surface area contributed by atoms with Gasteiger partial charge in [-0.3, -0.25) is 0 Å². The highest BCUT2D eigenvalue weighted by Crippen LogP contribution is 2.24. The van der Waals surface area contributed by atoms with Crippen molar-refractivity contribution in [2.75, 3.05) is 6.61 Å². The van der Waals surface area contributed by atoms with Crippen LogP contribution in [0.1, 0.15) is 38.2 Å². The molecule has 92 valence electrons. The SMILES string of the molecule is CCCC(O)C(C#N)c1ccc(OCC)cc1. The molecule has 2 unspecified atom stereocenters. The predicted octanol–water partition coefficient (Wildman–Crippen LogP) is 2.85. The van der Waals surface area contributed by atoms with Crippen LogP contribution in [-0.4, -0.2) is 17.8 Å². The van der Waals surface area contributed by atoms with Gasteiger partial charge in [0.05, 0.1) is 24.7 Å². The van der Waals surface area contributed by atoms with Gasteiger partial charge in [0.1, 0.15) is 5.75 Å². The molecule has 0 saturated heterocycles. The van der Waals surface area contributed by atoms with Crippen molar-refractivity contribution in [2.24, 2.45) is 0 Å². The molecule has 0 amide bonds. The van der Waals surface area contributed by atoms with Gasteiger partial charge in [0, 0.05) is 0 Å². The highest BCUT2D eigenvalue weighted by molar-refractivity contribution is 5.32. The Balaban J connectivity index is 2.79. The van der Waals surface area contributed by atoms with Crippen LogP contribution in [0.5, 0.6) is 5.75 Å². The van der Waals surface area contributed by atoms with Crippen molar-refractivity contribution in [3.05, 3.63) is 29.8 Å². The molecule has 2 atom stereocenters. The van der Waals surface area contributed by atoms with E-state index in [1.165, 1.54) is 0 Å². The summed E-state index contributed by atoms with van der Waals surface area (Å²) >= 11 is 0. The minimum absolute atomic E-state index is 0.453. The maximum Gasteiger partial charge on any atom is 0.119 e. The summed E-state index contributed by atoms with van der Waals surface area (Å²) in [6, 6.07) is 9.52. The van der Waals surface area contributed by atoms with Crippen LogP contribution in [-0.2, 0) is 0 Å². The van der Waals surface area contributed by atoms with Gasteiger partial charge in [0.2, 0.25) is 0 Å². The molecule has 3 heteroatoms. The molecule has 0 aromatic heterocycles. The summed E-state index contributed by atoms with van der Waals surface area (Å²) in [5.41, 5.74) is 0.844. The fraction of sp³-hybridized carbons (Fsp3) is 0.500. The van der Waals surface area contributed by atoms with E-state index in [1.54, 1.807) is 0 Å². The second-order valence-electron chi connectivity index (χ2n) is 3.96. The van der Waals surface area contributed by atoms with E-state index in [0.717, 1.165) is 17.7 Å². The summed E-state index contributed by atoms with van der Waals surface area (Å²) in [5.74, 6) is 0.337. The molecule has 0 aliphatic rings. The largest absolute Gasteiger partial charge is 0.494 e. The number of nitriles is 1. The quantitative estimate of drug-likeness (QED) is 0.822. The van der Waals surface area contributed by atoms with E-state index in [4.69, 9.17) is 10.00 Å². The normalized spacial score (nSPS) is 13.8. The summed E-state index contributed by atoms with van der Waals surface area (Å²) in [5, 5.41) is 19.0. The molecule has 1 N–H and O–H groups in total. The average molecular weight is 233 g/mol. The Bertz CT molecular complexity index is 367. The lowest BCUT2D eigenvalue weighted by Crippen LogP contribution is -2.16. The number of ether oxygens (including phenoxy) is 1. The van der Waals surface area contributed by atoms with Crippen LogP contribution in [0.4, 0.5) is 0 Å². The first-order chi connectivity index (χ1) is 8.22. The fourth-order valence-electron chi connectivity index (χ4n) is 1.78. The molecule has 0 fully saturated rings. The molecular formula is C14H19NO2. The van der Waals surface area contributed by atoms with Gasteiger partial charge in [-0.25, -0.2) is 0 Å². The third kappa shape index (κ3) is 3.76. The molecule has 17 heavy (non-hydrogen) atoms. The van der Waals surface area contributed by atoms with Crippen molar-refractivity contribution >= 4 is 0 Å². The maximum atomic E-state index is 9.88. The molecule has 1 rings (SSSR count). The predicted molar refractivity (Wildman–Crippen MR) is 66.9 cm³/mol. The Morgan fingerprint density at radius 3 is 2.41 bits per heavy atom. The highest BCUT2D eigenvalue weighted by Gasteiger charge is 2.19. The molecule has 0 heterocycles. The third-order valence-corrected chi connectivity index (χ3v) is 2.66. The zero-order valence-electron chi connectivity index (χ0n) is 10.4. The van der Waals surface area contributed by atoms with Crippen molar-refractivity contribution in [3.63, 3.8) is 0 Å². The molecule has 3 nitrogen and oxygen atoms in total. The third-order valence-electron chi connectivity index (χ3n) is 2.66. The van der Waals surface area contributed by atoms with E-state index in [2.05, 4.69) is 6.07 Å². The number of benzene rings is 1. The van der Waals surface area contributed by atoms with Crippen LogP contribution in [0, 0.1) is 11.3 Å².